The van der Waals surface area contributed by atoms with Crippen LogP contribution in [0.25, 0.3) is 0 Å². The number of carbonyl (C=O) groups is 1. The molecule has 130 valence electrons. The number of carbonyl (C=O) groups excluding carboxylic acids is 1. The number of H-pyrrole nitrogens is 1. The summed E-state index contributed by atoms with van der Waals surface area (Å²) in [6, 6.07) is 5.52. The summed E-state index contributed by atoms with van der Waals surface area (Å²) in [7, 11) is 0. The van der Waals surface area contributed by atoms with Gasteiger partial charge in [-0.05, 0) is 45.1 Å². The van der Waals surface area contributed by atoms with E-state index in [9.17, 15) is 4.79 Å². The molecule has 2 aromatic heterocycles. The number of ether oxygens (including phenoxy) is 1. The summed E-state index contributed by atoms with van der Waals surface area (Å²) in [5, 5.41) is 3.12. The predicted octanol–water partition coefficient (Wildman–Crippen LogP) is 2.90. The van der Waals surface area contributed by atoms with E-state index >= 15 is 0 Å². The van der Waals surface area contributed by atoms with Crippen LogP contribution < -0.4 is 11.1 Å². The van der Waals surface area contributed by atoms with E-state index in [2.05, 4.69) is 20.3 Å². The Bertz CT molecular complexity index is 905. The molecule has 2 aromatic rings. The lowest BCUT2D eigenvalue weighted by Crippen LogP contribution is -2.28. The lowest BCUT2D eigenvalue weighted by atomic mass is 9.84. The summed E-state index contributed by atoms with van der Waals surface area (Å²) in [4.78, 5) is 24.3. The Hall–Kier alpha value is -2.74. The summed E-state index contributed by atoms with van der Waals surface area (Å²) >= 11 is 5.11. The van der Waals surface area contributed by atoms with E-state index in [1.54, 1.807) is 27.0 Å². The van der Waals surface area contributed by atoms with Gasteiger partial charge < -0.3 is 20.8 Å². The molecule has 3 rings (SSSR count). The number of esters is 1. The second-order valence-electron chi connectivity index (χ2n) is 6.02. The number of fused-ring (bicyclic) bond motifs is 1. The van der Waals surface area contributed by atoms with E-state index in [0.717, 1.165) is 0 Å². The van der Waals surface area contributed by atoms with E-state index in [1.807, 2.05) is 18.2 Å². The molecule has 1 aliphatic rings. The Labute approximate surface area is 150 Å². The highest BCUT2D eigenvalue weighted by molar-refractivity contribution is 7.71. The van der Waals surface area contributed by atoms with Crippen LogP contribution in [-0.2, 0) is 9.53 Å². The zero-order valence-corrected chi connectivity index (χ0v) is 15.0. The maximum absolute atomic E-state index is 12.8. The van der Waals surface area contributed by atoms with Crippen molar-refractivity contribution in [2.45, 2.75) is 32.8 Å². The van der Waals surface area contributed by atoms with Crippen molar-refractivity contribution >= 4 is 29.8 Å². The van der Waals surface area contributed by atoms with Gasteiger partial charge in [-0.3, -0.25) is 4.98 Å². The number of anilines is 2. The molecule has 0 aliphatic carbocycles. The SMILES string of the molecule is CC1=C(C(=O)OC(C)C)C(c2ccccn2)c2c(nc(=S)[nH]c2N)N1. The van der Waals surface area contributed by atoms with Gasteiger partial charge >= 0.3 is 5.97 Å². The maximum Gasteiger partial charge on any atom is 0.337 e. The molecule has 8 heteroatoms. The van der Waals surface area contributed by atoms with Crippen LogP contribution in [0.3, 0.4) is 0 Å². The van der Waals surface area contributed by atoms with E-state index < -0.39 is 11.9 Å². The smallest absolute Gasteiger partial charge is 0.337 e. The third-order valence-corrected chi connectivity index (χ3v) is 4.03. The first-order valence-corrected chi connectivity index (χ1v) is 8.28. The lowest BCUT2D eigenvalue weighted by molar-refractivity contribution is -0.143. The number of hydrogen-bond donors (Lipinski definition) is 3. The number of aromatic amines is 1. The van der Waals surface area contributed by atoms with Crippen LogP contribution in [0.1, 0.15) is 37.9 Å². The molecular weight excluding hydrogens is 338 g/mol. The Morgan fingerprint density at radius 3 is 2.80 bits per heavy atom. The van der Waals surface area contributed by atoms with E-state index in [1.165, 1.54) is 0 Å². The quantitative estimate of drug-likeness (QED) is 0.573. The number of aromatic nitrogens is 3. The minimum Gasteiger partial charge on any atom is -0.460 e. The molecule has 1 aliphatic heterocycles. The molecule has 25 heavy (non-hydrogen) atoms. The summed E-state index contributed by atoms with van der Waals surface area (Å²) in [5.41, 5.74) is 8.58. The van der Waals surface area contributed by atoms with E-state index in [0.29, 0.717) is 34.2 Å². The number of hydrogen-bond acceptors (Lipinski definition) is 7. The molecule has 0 amide bonds. The van der Waals surface area contributed by atoms with Crippen LogP contribution in [0.2, 0.25) is 0 Å². The zero-order chi connectivity index (χ0) is 18.1. The predicted molar refractivity (Wildman–Crippen MR) is 97.5 cm³/mol. The van der Waals surface area contributed by atoms with Crippen LogP contribution >= 0.6 is 12.2 Å². The molecule has 1 atom stereocenters. The Morgan fingerprint density at radius 2 is 2.16 bits per heavy atom. The van der Waals surface area contributed by atoms with Gasteiger partial charge in [-0.1, -0.05) is 6.07 Å². The Morgan fingerprint density at radius 1 is 1.40 bits per heavy atom. The number of pyridine rings is 1. The number of nitrogens with two attached hydrogens (primary N) is 1. The summed E-state index contributed by atoms with van der Waals surface area (Å²) in [6.45, 7) is 5.41. The molecule has 0 radical (unpaired) electrons. The number of nitrogens with one attached hydrogen (secondary N) is 2. The third kappa shape index (κ3) is 3.25. The molecule has 0 saturated carbocycles. The highest BCUT2D eigenvalue weighted by atomic mass is 32.1. The third-order valence-electron chi connectivity index (χ3n) is 3.83. The number of nitrogen functional groups attached to an aromatic ring is 1. The van der Waals surface area contributed by atoms with Gasteiger partial charge in [0.1, 0.15) is 11.6 Å². The molecule has 3 heterocycles. The number of allylic oxidation sites excluding steroid dienone is 1. The first kappa shape index (κ1) is 17.1. The topological polar surface area (TPSA) is 106 Å². The largest absolute Gasteiger partial charge is 0.460 e. The van der Waals surface area contributed by atoms with Crippen molar-refractivity contribution in [3.05, 3.63) is 51.7 Å². The van der Waals surface area contributed by atoms with Crippen molar-refractivity contribution in [2.75, 3.05) is 11.1 Å². The Balaban J connectivity index is 2.23. The van der Waals surface area contributed by atoms with Crippen LogP contribution in [-0.4, -0.2) is 27.0 Å². The normalized spacial score (nSPS) is 16.4. The molecule has 0 saturated heterocycles. The van der Waals surface area contributed by atoms with Crippen molar-refractivity contribution < 1.29 is 9.53 Å². The fraction of sp³-hybridized carbons (Fsp3) is 0.294. The highest BCUT2D eigenvalue weighted by Gasteiger charge is 2.36. The average molecular weight is 357 g/mol. The number of rotatable bonds is 3. The fourth-order valence-electron chi connectivity index (χ4n) is 2.88. The minimum absolute atomic E-state index is 0.240. The van der Waals surface area contributed by atoms with Crippen LogP contribution in [0.5, 0.6) is 0 Å². The van der Waals surface area contributed by atoms with Crippen molar-refractivity contribution in [1.82, 2.24) is 15.0 Å². The van der Waals surface area contributed by atoms with Gasteiger partial charge in [0.2, 0.25) is 0 Å². The van der Waals surface area contributed by atoms with Gasteiger partial charge in [0, 0.05) is 17.5 Å². The second kappa shape index (κ2) is 6.64. The van der Waals surface area contributed by atoms with Crippen LogP contribution in [0, 0.1) is 4.77 Å². The standard InChI is InChI=1S/C17H19N5O2S/c1-8(2)24-16(23)11-9(3)20-15-13(14(18)21-17(25)22-15)12(11)10-6-4-5-7-19-10/h4-8,12H,1-3H3,(H4,18,20,21,22,25). The van der Waals surface area contributed by atoms with Crippen LogP contribution in [0.15, 0.2) is 35.7 Å². The average Bonchev–Trinajstić information content (AvgIpc) is 2.53. The Kier molecular flexibility index (Phi) is 4.54. The van der Waals surface area contributed by atoms with Crippen molar-refractivity contribution in [2.24, 2.45) is 0 Å². The minimum atomic E-state index is -0.497. The molecule has 0 bridgehead atoms. The monoisotopic (exact) mass is 357 g/mol. The first-order chi connectivity index (χ1) is 11.9. The zero-order valence-electron chi connectivity index (χ0n) is 14.2. The van der Waals surface area contributed by atoms with Gasteiger partial charge in [-0.25, -0.2) is 9.78 Å². The van der Waals surface area contributed by atoms with Gasteiger partial charge in [-0.2, -0.15) is 0 Å². The highest BCUT2D eigenvalue weighted by Crippen LogP contribution is 2.42. The van der Waals surface area contributed by atoms with Gasteiger partial charge in [-0.15, -0.1) is 0 Å². The molecule has 0 aromatic carbocycles. The molecule has 7 nitrogen and oxygen atoms in total. The van der Waals surface area contributed by atoms with Crippen LogP contribution in [0.4, 0.5) is 11.6 Å². The molecule has 1 unspecified atom stereocenters. The molecule has 0 spiro atoms. The summed E-state index contributed by atoms with van der Waals surface area (Å²) < 4.78 is 5.70. The lowest BCUT2D eigenvalue weighted by Gasteiger charge is -2.29. The van der Waals surface area contributed by atoms with E-state index in [-0.39, 0.29) is 10.9 Å². The van der Waals surface area contributed by atoms with Gasteiger partial charge in [0.15, 0.2) is 4.77 Å². The molecule has 4 N–H and O–H groups in total. The number of nitrogens with zero attached hydrogens (tertiary/aromatic N) is 2. The van der Waals surface area contributed by atoms with Gasteiger partial charge in [0.25, 0.3) is 0 Å². The second-order valence-corrected chi connectivity index (χ2v) is 6.41. The molecular formula is C17H19N5O2S. The first-order valence-electron chi connectivity index (χ1n) is 7.88. The van der Waals surface area contributed by atoms with Crippen molar-refractivity contribution in [1.29, 1.82) is 0 Å². The maximum atomic E-state index is 12.8. The van der Waals surface area contributed by atoms with E-state index in [4.69, 9.17) is 22.7 Å². The van der Waals surface area contributed by atoms with Crippen molar-refractivity contribution in [3.63, 3.8) is 0 Å². The van der Waals surface area contributed by atoms with Gasteiger partial charge in [0.05, 0.1) is 23.3 Å². The molecule has 0 fully saturated rings. The fourth-order valence-corrected chi connectivity index (χ4v) is 3.09. The summed E-state index contributed by atoms with van der Waals surface area (Å²) in [6.07, 6.45) is 1.43. The van der Waals surface area contributed by atoms with Crippen molar-refractivity contribution in [3.8, 4) is 0 Å². The summed E-state index contributed by atoms with van der Waals surface area (Å²) in [5.74, 6) is -0.0396.